The van der Waals surface area contributed by atoms with Crippen LogP contribution in [0.25, 0.3) is 0 Å². The van der Waals surface area contributed by atoms with Gasteiger partial charge in [-0.25, -0.2) is 4.39 Å². The minimum Gasteiger partial charge on any atom is -0.459 e. The van der Waals surface area contributed by atoms with Crippen LogP contribution in [0, 0.1) is 17.7 Å². The average molecular weight is 398 g/mol. The maximum Gasteiger partial charge on any atom is 0.289 e. The molecule has 2 amide bonds. The van der Waals surface area contributed by atoms with E-state index in [1.807, 2.05) is 6.07 Å². The largest absolute Gasteiger partial charge is 0.459 e. The molecule has 4 rings (SSSR count). The lowest BCUT2D eigenvalue weighted by molar-refractivity contribution is -0.127. The number of amides is 2. The summed E-state index contributed by atoms with van der Waals surface area (Å²) in [6.07, 6.45) is 6.96. The molecule has 1 aromatic carbocycles. The average Bonchev–Trinajstić information content (AvgIpc) is 3.46. The first-order valence-electron chi connectivity index (χ1n) is 10.5. The van der Waals surface area contributed by atoms with Crippen molar-refractivity contribution in [1.29, 1.82) is 0 Å². The Bertz CT molecular complexity index is 838. The Morgan fingerprint density at radius 2 is 1.76 bits per heavy atom. The maximum absolute atomic E-state index is 14.5. The van der Waals surface area contributed by atoms with Gasteiger partial charge in [-0.15, -0.1) is 0 Å². The molecule has 1 N–H and O–H groups in total. The zero-order valence-corrected chi connectivity index (χ0v) is 16.5. The maximum atomic E-state index is 14.5. The molecule has 1 aliphatic heterocycles. The molecule has 0 radical (unpaired) electrons. The van der Waals surface area contributed by atoms with Crippen molar-refractivity contribution in [3.8, 4) is 0 Å². The van der Waals surface area contributed by atoms with Crippen molar-refractivity contribution < 1.29 is 18.4 Å². The highest BCUT2D eigenvalue weighted by atomic mass is 19.1. The molecule has 1 atom stereocenters. The van der Waals surface area contributed by atoms with E-state index in [1.165, 1.54) is 12.3 Å². The zero-order valence-electron chi connectivity index (χ0n) is 16.5. The monoisotopic (exact) mass is 398 g/mol. The lowest BCUT2D eigenvalue weighted by Crippen LogP contribution is -2.44. The fourth-order valence-corrected chi connectivity index (χ4v) is 4.64. The number of carbonyl (C=O) groups is 2. The number of furan rings is 1. The molecular formula is C23H27FN2O3. The summed E-state index contributed by atoms with van der Waals surface area (Å²) in [6.45, 7) is 1.04. The Labute approximate surface area is 170 Å². The molecule has 2 aliphatic rings. The molecule has 5 nitrogen and oxygen atoms in total. The summed E-state index contributed by atoms with van der Waals surface area (Å²) in [5, 5.41) is 3.16. The van der Waals surface area contributed by atoms with E-state index < -0.39 is 0 Å². The second-order valence-corrected chi connectivity index (χ2v) is 8.10. The predicted octanol–water partition coefficient (Wildman–Crippen LogP) is 4.32. The molecule has 2 fully saturated rings. The van der Waals surface area contributed by atoms with Gasteiger partial charge in [0.25, 0.3) is 5.91 Å². The highest BCUT2D eigenvalue weighted by Gasteiger charge is 2.33. The number of carbonyl (C=O) groups excluding carboxylic acids is 2. The molecule has 1 unspecified atom stereocenters. The summed E-state index contributed by atoms with van der Waals surface area (Å²) in [6, 6.07) is 9.81. The Morgan fingerprint density at radius 3 is 2.41 bits per heavy atom. The van der Waals surface area contributed by atoms with Crippen molar-refractivity contribution in [2.45, 2.75) is 44.6 Å². The smallest absolute Gasteiger partial charge is 0.289 e. The van der Waals surface area contributed by atoms with Crippen molar-refractivity contribution in [1.82, 2.24) is 10.2 Å². The third-order valence-electron chi connectivity index (χ3n) is 6.29. The molecule has 0 bridgehead atoms. The third-order valence-corrected chi connectivity index (χ3v) is 6.29. The Balaban J connectivity index is 1.39. The molecule has 1 aliphatic carbocycles. The van der Waals surface area contributed by atoms with Crippen LogP contribution in [0.1, 0.15) is 60.7 Å². The van der Waals surface area contributed by atoms with Crippen molar-refractivity contribution in [2.24, 2.45) is 11.8 Å². The number of nitrogens with one attached hydrogen (secondary N) is 1. The quantitative estimate of drug-likeness (QED) is 0.816. The Kier molecular flexibility index (Phi) is 5.97. The molecular weight excluding hydrogens is 371 g/mol. The fraction of sp³-hybridized carbons (Fsp3) is 0.478. The molecule has 2 heterocycles. The summed E-state index contributed by atoms with van der Waals surface area (Å²) >= 11 is 0. The van der Waals surface area contributed by atoms with Gasteiger partial charge in [-0.3, -0.25) is 9.59 Å². The van der Waals surface area contributed by atoms with Gasteiger partial charge in [-0.05, 0) is 49.8 Å². The lowest BCUT2D eigenvalue weighted by atomic mass is 9.89. The second-order valence-electron chi connectivity index (χ2n) is 8.10. The van der Waals surface area contributed by atoms with Gasteiger partial charge >= 0.3 is 0 Å². The van der Waals surface area contributed by atoms with Gasteiger partial charge in [0.1, 0.15) is 5.82 Å². The van der Waals surface area contributed by atoms with E-state index >= 15 is 0 Å². The molecule has 2 aromatic rings. The molecule has 29 heavy (non-hydrogen) atoms. The van der Waals surface area contributed by atoms with Crippen LogP contribution in [0.15, 0.2) is 47.1 Å². The first-order chi connectivity index (χ1) is 14.1. The van der Waals surface area contributed by atoms with Crippen LogP contribution in [-0.4, -0.2) is 29.8 Å². The van der Waals surface area contributed by atoms with Crippen LogP contribution < -0.4 is 5.32 Å². The van der Waals surface area contributed by atoms with Crippen LogP contribution in [0.3, 0.4) is 0 Å². The summed E-state index contributed by atoms with van der Waals surface area (Å²) in [5.74, 6) is 0.0133. The summed E-state index contributed by atoms with van der Waals surface area (Å²) in [4.78, 5) is 27.1. The zero-order chi connectivity index (χ0) is 20.2. The van der Waals surface area contributed by atoms with Gasteiger partial charge in [-0.1, -0.05) is 31.0 Å². The second kappa shape index (κ2) is 8.80. The van der Waals surface area contributed by atoms with Gasteiger partial charge in [0.2, 0.25) is 5.91 Å². The fourth-order valence-electron chi connectivity index (χ4n) is 4.64. The van der Waals surface area contributed by atoms with Gasteiger partial charge in [-0.2, -0.15) is 0 Å². The number of nitrogens with zero attached hydrogens (tertiary/aromatic N) is 1. The lowest BCUT2D eigenvalue weighted by Gasteiger charge is -2.33. The van der Waals surface area contributed by atoms with E-state index in [0.29, 0.717) is 37.3 Å². The van der Waals surface area contributed by atoms with Crippen molar-refractivity contribution in [3.05, 3.63) is 59.8 Å². The van der Waals surface area contributed by atoms with Gasteiger partial charge in [0, 0.05) is 24.6 Å². The number of piperidine rings is 1. The van der Waals surface area contributed by atoms with Gasteiger partial charge in [0.15, 0.2) is 5.76 Å². The summed E-state index contributed by atoms with van der Waals surface area (Å²) < 4.78 is 19.6. The first-order valence-corrected chi connectivity index (χ1v) is 10.5. The summed E-state index contributed by atoms with van der Waals surface area (Å²) in [7, 11) is 0. The number of halogens is 1. The number of hydrogen-bond donors (Lipinski definition) is 1. The van der Waals surface area contributed by atoms with Crippen LogP contribution in [0.5, 0.6) is 0 Å². The van der Waals surface area contributed by atoms with Crippen molar-refractivity contribution >= 4 is 11.8 Å². The van der Waals surface area contributed by atoms with E-state index in [-0.39, 0.29) is 35.5 Å². The molecule has 6 heteroatoms. The van der Waals surface area contributed by atoms with Crippen LogP contribution in [-0.2, 0) is 4.79 Å². The van der Waals surface area contributed by atoms with Crippen LogP contribution in [0.2, 0.25) is 0 Å². The standard InChI is InChI=1S/C23H27FN2O3/c24-19-9-4-3-8-18(19)21(16-6-1-2-7-16)25-22(27)17-11-13-26(14-12-17)23(28)20-10-5-15-29-20/h3-5,8-10,15-17,21H,1-2,6-7,11-14H2,(H,25,27). The van der Waals surface area contributed by atoms with Crippen LogP contribution >= 0.6 is 0 Å². The first kappa shape index (κ1) is 19.7. The SMILES string of the molecule is O=C(NC(c1ccccc1F)C1CCCC1)C1CCN(C(=O)c2ccco2)CC1. The number of benzene rings is 1. The molecule has 0 spiro atoms. The molecule has 1 saturated heterocycles. The number of hydrogen-bond acceptors (Lipinski definition) is 3. The van der Waals surface area contributed by atoms with E-state index in [1.54, 1.807) is 29.2 Å². The highest BCUT2D eigenvalue weighted by molar-refractivity contribution is 5.91. The van der Waals surface area contributed by atoms with E-state index in [0.717, 1.165) is 25.7 Å². The van der Waals surface area contributed by atoms with Gasteiger partial charge in [0.05, 0.1) is 12.3 Å². The molecule has 154 valence electrons. The van der Waals surface area contributed by atoms with E-state index in [4.69, 9.17) is 4.42 Å². The van der Waals surface area contributed by atoms with Crippen molar-refractivity contribution in [2.75, 3.05) is 13.1 Å². The summed E-state index contributed by atoms with van der Waals surface area (Å²) in [5.41, 5.74) is 0.582. The molecule has 1 aromatic heterocycles. The van der Waals surface area contributed by atoms with E-state index in [9.17, 15) is 14.0 Å². The normalized spacial score (nSPS) is 19.3. The minimum atomic E-state index is -0.283. The van der Waals surface area contributed by atoms with Crippen LogP contribution in [0.4, 0.5) is 4.39 Å². The Morgan fingerprint density at radius 1 is 1.03 bits per heavy atom. The van der Waals surface area contributed by atoms with Gasteiger partial charge < -0.3 is 14.6 Å². The highest BCUT2D eigenvalue weighted by Crippen LogP contribution is 2.37. The van der Waals surface area contributed by atoms with Crippen molar-refractivity contribution in [3.63, 3.8) is 0 Å². The Hall–Kier alpha value is -2.63. The van der Waals surface area contributed by atoms with E-state index in [2.05, 4.69) is 5.32 Å². The predicted molar refractivity (Wildman–Crippen MR) is 107 cm³/mol. The third kappa shape index (κ3) is 4.36. The number of rotatable bonds is 5. The number of likely N-dealkylation sites (tertiary alicyclic amines) is 1. The topological polar surface area (TPSA) is 62.6 Å². The molecule has 1 saturated carbocycles. The minimum absolute atomic E-state index is 0.0322.